The van der Waals surface area contributed by atoms with E-state index in [1.165, 1.54) is 6.20 Å². The number of benzene rings is 1. The van der Waals surface area contributed by atoms with Crippen LogP contribution in [-0.2, 0) is 6.61 Å². The summed E-state index contributed by atoms with van der Waals surface area (Å²) in [4.78, 5) is 24.1. The van der Waals surface area contributed by atoms with Crippen molar-refractivity contribution in [3.63, 3.8) is 0 Å². The van der Waals surface area contributed by atoms with E-state index in [2.05, 4.69) is 20.3 Å². The lowest BCUT2D eigenvalue weighted by molar-refractivity contribution is 0.259. The number of amides is 2. The maximum absolute atomic E-state index is 11.0. The minimum Gasteiger partial charge on any atom is -0.497 e. The number of hydrogen-bond donors (Lipinski definition) is 2. The molecule has 1 aromatic carbocycles. The van der Waals surface area contributed by atoms with Crippen LogP contribution in [0.4, 0.5) is 10.5 Å². The minimum absolute atomic E-state index is 0.333. The SMILES string of the molecule is CCOc1cc(-c2ncc(NC(N)=O)c(C)n2)cnc1OCc1ccc(OC)cc1. The zero-order valence-electron chi connectivity index (χ0n) is 17.0. The summed E-state index contributed by atoms with van der Waals surface area (Å²) in [5, 5.41) is 2.48. The second-order valence-corrected chi connectivity index (χ2v) is 6.28. The maximum Gasteiger partial charge on any atom is 0.316 e. The molecule has 0 saturated heterocycles. The van der Waals surface area contributed by atoms with Crippen molar-refractivity contribution >= 4 is 11.7 Å². The number of anilines is 1. The fourth-order valence-corrected chi connectivity index (χ4v) is 2.66. The first-order valence-corrected chi connectivity index (χ1v) is 9.29. The Kier molecular flexibility index (Phi) is 6.63. The van der Waals surface area contributed by atoms with Gasteiger partial charge in [-0.2, -0.15) is 0 Å². The van der Waals surface area contributed by atoms with E-state index in [0.29, 0.717) is 47.6 Å². The number of carbonyl (C=O) groups excluding carboxylic acids is 1. The van der Waals surface area contributed by atoms with Gasteiger partial charge in [-0.15, -0.1) is 0 Å². The van der Waals surface area contributed by atoms with E-state index in [1.54, 1.807) is 26.3 Å². The zero-order chi connectivity index (χ0) is 21.5. The standard InChI is InChI=1S/C21H23N5O4/c1-4-29-18-9-15(19-23-11-17(13(2)25-19)26-21(22)27)10-24-20(18)30-12-14-5-7-16(28-3)8-6-14/h5-11H,4,12H2,1-3H3,(H3,22,26,27). The van der Waals surface area contributed by atoms with Crippen molar-refractivity contribution in [1.29, 1.82) is 0 Å². The van der Waals surface area contributed by atoms with Gasteiger partial charge in [0.25, 0.3) is 5.88 Å². The minimum atomic E-state index is -0.673. The molecule has 3 aromatic rings. The van der Waals surface area contributed by atoms with E-state index in [4.69, 9.17) is 19.9 Å². The van der Waals surface area contributed by atoms with Gasteiger partial charge in [0.2, 0.25) is 0 Å². The highest BCUT2D eigenvalue weighted by atomic mass is 16.5. The molecule has 0 saturated carbocycles. The van der Waals surface area contributed by atoms with Crippen LogP contribution in [0.2, 0.25) is 0 Å². The molecule has 9 nitrogen and oxygen atoms in total. The van der Waals surface area contributed by atoms with Crippen molar-refractivity contribution in [2.24, 2.45) is 5.73 Å². The van der Waals surface area contributed by atoms with Gasteiger partial charge in [0.1, 0.15) is 12.4 Å². The van der Waals surface area contributed by atoms with Crippen LogP contribution >= 0.6 is 0 Å². The van der Waals surface area contributed by atoms with Crippen LogP contribution in [0.15, 0.2) is 42.7 Å². The Morgan fingerprint density at radius 3 is 2.53 bits per heavy atom. The molecule has 9 heteroatoms. The van der Waals surface area contributed by atoms with Gasteiger partial charge in [0, 0.05) is 11.8 Å². The molecule has 156 valence electrons. The Morgan fingerprint density at radius 1 is 1.13 bits per heavy atom. The second kappa shape index (κ2) is 9.55. The van der Waals surface area contributed by atoms with E-state index in [-0.39, 0.29) is 0 Å². The van der Waals surface area contributed by atoms with Crippen LogP contribution in [0.25, 0.3) is 11.4 Å². The summed E-state index contributed by atoms with van der Waals surface area (Å²) < 4.78 is 16.7. The number of ether oxygens (including phenoxy) is 3. The normalized spacial score (nSPS) is 10.4. The maximum atomic E-state index is 11.0. The summed E-state index contributed by atoms with van der Waals surface area (Å²) in [5.74, 6) is 2.09. The highest BCUT2D eigenvalue weighted by Gasteiger charge is 2.13. The van der Waals surface area contributed by atoms with E-state index in [0.717, 1.165) is 11.3 Å². The zero-order valence-corrected chi connectivity index (χ0v) is 17.0. The molecule has 0 atom stereocenters. The molecule has 0 aliphatic carbocycles. The number of pyridine rings is 1. The third kappa shape index (κ3) is 5.13. The van der Waals surface area contributed by atoms with E-state index < -0.39 is 6.03 Å². The molecule has 2 heterocycles. The summed E-state index contributed by atoms with van der Waals surface area (Å²) in [6, 6.07) is 8.69. The fourth-order valence-electron chi connectivity index (χ4n) is 2.66. The van der Waals surface area contributed by atoms with Crippen molar-refractivity contribution < 1.29 is 19.0 Å². The summed E-state index contributed by atoms with van der Waals surface area (Å²) in [6.45, 7) is 4.41. The number of aryl methyl sites for hydroxylation is 1. The Labute approximate surface area is 174 Å². The number of carbonyl (C=O) groups is 1. The molecular formula is C21H23N5O4. The number of urea groups is 1. The molecule has 0 radical (unpaired) electrons. The topological polar surface area (TPSA) is 121 Å². The Bertz CT molecular complexity index is 1020. The lowest BCUT2D eigenvalue weighted by Gasteiger charge is -2.13. The number of rotatable bonds is 8. The van der Waals surface area contributed by atoms with Crippen molar-refractivity contribution in [2.45, 2.75) is 20.5 Å². The van der Waals surface area contributed by atoms with Gasteiger partial charge >= 0.3 is 6.03 Å². The van der Waals surface area contributed by atoms with Crippen molar-refractivity contribution in [3.8, 4) is 28.8 Å². The number of nitrogens with two attached hydrogens (primary N) is 1. The first-order chi connectivity index (χ1) is 14.5. The van der Waals surface area contributed by atoms with Crippen LogP contribution in [0.5, 0.6) is 17.4 Å². The van der Waals surface area contributed by atoms with Gasteiger partial charge in [-0.1, -0.05) is 12.1 Å². The number of hydrogen-bond acceptors (Lipinski definition) is 7. The molecule has 0 aliphatic heterocycles. The molecule has 3 rings (SSSR count). The third-order valence-electron chi connectivity index (χ3n) is 4.15. The third-order valence-corrected chi connectivity index (χ3v) is 4.15. The number of methoxy groups -OCH3 is 1. The molecule has 30 heavy (non-hydrogen) atoms. The predicted octanol–water partition coefficient (Wildman–Crippen LogP) is 3.32. The Morgan fingerprint density at radius 2 is 1.90 bits per heavy atom. The van der Waals surface area contributed by atoms with Gasteiger partial charge in [-0.3, -0.25) is 0 Å². The van der Waals surface area contributed by atoms with Gasteiger partial charge in [0.05, 0.1) is 31.3 Å². The molecule has 2 aromatic heterocycles. The molecule has 0 spiro atoms. The Hall–Kier alpha value is -3.88. The van der Waals surface area contributed by atoms with Crippen LogP contribution < -0.4 is 25.3 Å². The Balaban J connectivity index is 1.80. The van der Waals surface area contributed by atoms with Crippen LogP contribution in [0.1, 0.15) is 18.2 Å². The average molecular weight is 409 g/mol. The summed E-state index contributed by atoms with van der Waals surface area (Å²) in [5.41, 5.74) is 7.80. The molecular weight excluding hydrogens is 386 g/mol. The number of nitrogens with zero attached hydrogens (tertiary/aromatic N) is 3. The van der Waals surface area contributed by atoms with Crippen molar-refractivity contribution in [1.82, 2.24) is 15.0 Å². The van der Waals surface area contributed by atoms with E-state index in [1.807, 2.05) is 31.2 Å². The van der Waals surface area contributed by atoms with Crippen molar-refractivity contribution in [2.75, 3.05) is 19.0 Å². The summed E-state index contributed by atoms with van der Waals surface area (Å²) in [7, 11) is 1.62. The molecule has 2 amide bonds. The van der Waals surface area contributed by atoms with Gasteiger partial charge in [-0.05, 0) is 37.6 Å². The molecule has 3 N–H and O–H groups in total. The highest BCUT2D eigenvalue weighted by molar-refractivity contribution is 5.88. The van der Waals surface area contributed by atoms with E-state index in [9.17, 15) is 4.79 Å². The first-order valence-electron chi connectivity index (χ1n) is 9.29. The predicted molar refractivity (Wildman–Crippen MR) is 112 cm³/mol. The van der Waals surface area contributed by atoms with Crippen LogP contribution in [-0.4, -0.2) is 34.7 Å². The van der Waals surface area contributed by atoms with Gasteiger partial charge < -0.3 is 25.3 Å². The summed E-state index contributed by atoms with van der Waals surface area (Å²) in [6.07, 6.45) is 3.11. The average Bonchev–Trinajstić information content (AvgIpc) is 2.74. The lowest BCUT2D eigenvalue weighted by Crippen LogP contribution is -2.20. The largest absolute Gasteiger partial charge is 0.497 e. The highest BCUT2D eigenvalue weighted by Crippen LogP contribution is 2.30. The quantitative estimate of drug-likeness (QED) is 0.585. The summed E-state index contributed by atoms with van der Waals surface area (Å²) >= 11 is 0. The molecule has 0 bridgehead atoms. The molecule has 0 fully saturated rings. The number of primary amides is 1. The lowest BCUT2D eigenvalue weighted by atomic mass is 10.2. The fraction of sp³-hybridized carbons (Fsp3) is 0.238. The second-order valence-electron chi connectivity index (χ2n) is 6.28. The smallest absolute Gasteiger partial charge is 0.316 e. The molecule has 0 unspecified atom stereocenters. The van der Waals surface area contributed by atoms with Gasteiger partial charge in [0.15, 0.2) is 11.6 Å². The van der Waals surface area contributed by atoms with Crippen LogP contribution in [0, 0.1) is 6.92 Å². The van der Waals surface area contributed by atoms with E-state index >= 15 is 0 Å². The van der Waals surface area contributed by atoms with Gasteiger partial charge in [-0.25, -0.2) is 19.7 Å². The monoisotopic (exact) mass is 409 g/mol. The number of nitrogens with one attached hydrogen (secondary N) is 1. The first kappa shape index (κ1) is 20.8. The van der Waals surface area contributed by atoms with Crippen LogP contribution in [0.3, 0.4) is 0 Å². The van der Waals surface area contributed by atoms with Crippen molar-refractivity contribution in [3.05, 3.63) is 54.0 Å². The number of aromatic nitrogens is 3. The molecule has 0 aliphatic rings.